The van der Waals surface area contributed by atoms with Crippen LogP contribution in [0.25, 0.3) is 6.08 Å². The Hall–Kier alpha value is -4.08. The average molecular weight is 460 g/mol. The van der Waals surface area contributed by atoms with Gasteiger partial charge >= 0.3 is 0 Å². The van der Waals surface area contributed by atoms with Crippen LogP contribution in [0.5, 0.6) is 5.75 Å². The van der Waals surface area contributed by atoms with Crippen LogP contribution in [0.3, 0.4) is 0 Å². The molecule has 166 valence electrons. The highest BCUT2D eigenvalue weighted by molar-refractivity contribution is 6.33. The van der Waals surface area contributed by atoms with Crippen molar-refractivity contribution in [3.63, 3.8) is 0 Å². The van der Waals surface area contributed by atoms with E-state index in [1.165, 1.54) is 6.08 Å². The molecule has 7 heteroatoms. The second kappa shape index (κ2) is 11.0. The van der Waals surface area contributed by atoms with Gasteiger partial charge in [0.2, 0.25) is 0 Å². The van der Waals surface area contributed by atoms with Crippen molar-refractivity contribution in [3.05, 3.63) is 94.0 Å². The van der Waals surface area contributed by atoms with Crippen molar-refractivity contribution in [3.8, 4) is 11.8 Å². The largest absolute Gasteiger partial charge is 0.484 e. The minimum Gasteiger partial charge on any atom is -0.484 e. The molecule has 0 atom stereocenters. The molecule has 0 fully saturated rings. The summed E-state index contributed by atoms with van der Waals surface area (Å²) in [4.78, 5) is 24.6. The maximum atomic E-state index is 12.5. The summed E-state index contributed by atoms with van der Waals surface area (Å²) >= 11 is 6.02. The summed E-state index contributed by atoms with van der Waals surface area (Å²) in [5.41, 5.74) is 3.93. The maximum absolute atomic E-state index is 12.5. The number of hydrogen-bond acceptors (Lipinski definition) is 4. The first kappa shape index (κ1) is 23.6. The summed E-state index contributed by atoms with van der Waals surface area (Å²) in [6.45, 7) is 3.75. The number of aryl methyl sites for hydroxylation is 2. The smallest absolute Gasteiger partial charge is 0.266 e. The molecule has 0 aliphatic carbocycles. The third-order valence-corrected chi connectivity index (χ3v) is 5.17. The molecule has 0 spiro atoms. The lowest BCUT2D eigenvalue weighted by atomic mass is 10.1. The Balaban J connectivity index is 1.59. The normalized spacial score (nSPS) is 10.8. The van der Waals surface area contributed by atoms with Gasteiger partial charge in [-0.15, -0.1) is 0 Å². The standard InChI is InChI=1S/C26H22ClN3O3/c1-17-7-10-21(13-18(17)2)29-26(32)20(15-28)14-19-8-11-22(12-9-19)33-16-25(31)30-24-6-4-3-5-23(24)27/h3-14H,16H2,1-2H3,(H,29,32)(H,30,31)/b20-14+. The lowest BCUT2D eigenvalue weighted by Crippen LogP contribution is -2.20. The van der Waals surface area contributed by atoms with Crippen molar-refractivity contribution in [1.82, 2.24) is 0 Å². The van der Waals surface area contributed by atoms with Crippen LogP contribution in [0.1, 0.15) is 16.7 Å². The zero-order valence-corrected chi connectivity index (χ0v) is 18.9. The van der Waals surface area contributed by atoms with Crippen LogP contribution in [-0.4, -0.2) is 18.4 Å². The molecule has 3 rings (SSSR count). The van der Waals surface area contributed by atoms with Gasteiger partial charge in [0.1, 0.15) is 17.4 Å². The van der Waals surface area contributed by atoms with Crippen molar-refractivity contribution in [2.75, 3.05) is 17.2 Å². The number of para-hydroxylation sites is 1. The van der Waals surface area contributed by atoms with Gasteiger partial charge < -0.3 is 15.4 Å². The topological polar surface area (TPSA) is 91.2 Å². The van der Waals surface area contributed by atoms with E-state index in [1.54, 1.807) is 54.6 Å². The fraction of sp³-hybridized carbons (Fsp3) is 0.115. The van der Waals surface area contributed by atoms with E-state index in [0.29, 0.717) is 27.7 Å². The van der Waals surface area contributed by atoms with Gasteiger partial charge in [-0.3, -0.25) is 9.59 Å². The van der Waals surface area contributed by atoms with Gasteiger partial charge in [0.25, 0.3) is 11.8 Å². The van der Waals surface area contributed by atoms with E-state index < -0.39 is 5.91 Å². The zero-order chi connectivity index (χ0) is 23.8. The molecule has 0 aliphatic heterocycles. The number of carbonyl (C=O) groups is 2. The number of nitrogens with zero attached hydrogens (tertiary/aromatic N) is 1. The number of amides is 2. The maximum Gasteiger partial charge on any atom is 0.266 e. The van der Waals surface area contributed by atoms with Gasteiger partial charge in [-0.1, -0.05) is 41.9 Å². The summed E-state index contributed by atoms with van der Waals surface area (Å²) in [7, 11) is 0. The van der Waals surface area contributed by atoms with Crippen LogP contribution < -0.4 is 15.4 Å². The number of benzene rings is 3. The molecule has 0 heterocycles. The molecule has 0 saturated carbocycles. The van der Waals surface area contributed by atoms with Gasteiger partial charge in [0.15, 0.2) is 6.61 Å². The predicted octanol–water partition coefficient (Wildman–Crippen LogP) is 5.52. The Morgan fingerprint density at radius 3 is 2.39 bits per heavy atom. The minimum atomic E-state index is -0.489. The SMILES string of the molecule is Cc1ccc(NC(=O)/C(C#N)=C/c2ccc(OCC(=O)Nc3ccccc3Cl)cc2)cc1C. The van der Waals surface area contributed by atoms with Crippen LogP contribution in [0, 0.1) is 25.2 Å². The van der Waals surface area contributed by atoms with Crippen LogP contribution >= 0.6 is 11.6 Å². The van der Waals surface area contributed by atoms with E-state index in [0.717, 1.165) is 11.1 Å². The summed E-state index contributed by atoms with van der Waals surface area (Å²) < 4.78 is 5.49. The first-order valence-electron chi connectivity index (χ1n) is 10.1. The number of anilines is 2. The molecule has 3 aromatic rings. The Morgan fingerprint density at radius 2 is 1.73 bits per heavy atom. The van der Waals surface area contributed by atoms with Crippen LogP contribution in [0.15, 0.2) is 72.3 Å². The highest BCUT2D eigenvalue weighted by Crippen LogP contribution is 2.21. The number of hydrogen-bond donors (Lipinski definition) is 2. The van der Waals surface area contributed by atoms with Gasteiger partial charge in [-0.25, -0.2) is 0 Å². The van der Waals surface area contributed by atoms with Crippen LogP contribution in [-0.2, 0) is 9.59 Å². The predicted molar refractivity (Wildman–Crippen MR) is 130 cm³/mol. The molecule has 0 aliphatic rings. The summed E-state index contributed by atoms with van der Waals surface area (Å²) in [5.74, 6) is -0.362. The molecule has 6 nitrogen and oxygen atoms in total. The molecule has 0 radical (unpaired) electrons. The Labute approximate surface area is 197 Å². The monoisotopic (exact) mass is 459 g/mol. The lowest BCUT2D eigenvalue weighted by Gasteiger charge is -2.09. The molecule has 33 heavy (non-hydrogen) atoms. The van der Waals surface area contributed by atoms with E-state index in [9.17, 15) is 14.9 Å². The molecule has 0 saturated heterocycles. The fourth-order valence-corrected chi connectivity index (χ4v) is 3.07. The fourth-order valence-electron chi connectivity index (χ4n) is 2.89. The first-order valence-corrected chi connectivity index (χ1v) is 10.5. The Morgan fingerprint density at radius 1 is 1.00 bits per heavy atom. The van der Waals surface area contributed by atoms with E-state index >= 15 is 0 Å². The van der Waals surface area contributed by atoms with Crippen molar-refractivity contribution >= 4 is 40.9 Å². The highest BCUT2D eigenvalue weighted by Gasteiger charge is 2.11. The number of rotatable bonds is 7. The van der Waals surface area contributed by atoms with Gasteiger partial charge in [-0.05, 0) is 73.0 Å². The number of nitriles is 1. The van der Waals surface area contributed by atoms with Crippen molar-refractivity contribution < 1.29 is 14.3 Å². The summed E-state index contributed by atoms with van der Waals surface area (Å²) in [6.07, 6.45) is 1.49. The zero-order valence-electron chi connectivity index (χ0n) is 18.2. The van der Waals surface area contributed by atoms with Gasteiger partial charge in [0.05, 0.1) is 10.7 Å². The van der Waals surface area contributed by atoms with Gasteiger partial charge in [-0.2, -0.15) is 5.26 Å². The molecule has 0 aromatic heterocycles. The summed E-state index contributed by atoms with van der Waals surface area (Å²) in [5, 5.41) is 15.3. The molecule has 2 N–H and O–H groups in total. The van der Waals surface area contributed by atoms with E-state index in [4.69, 9.17) is 16.3 Å². The second-order valence-electron chi connectivity index (χ2n) is 7.31. The van der Waals surface area contributed by atoms with E-state index in [1.807, 2.05) is 32.0 Å². The quantitative estimate of drug-likeness (QED) is 0.359. The number of nitrogens with one attached hydrogen (secondary N) is 2. The van der Waals surface area contributed by atoms with Crippen molar-refractivity contribution in [2.24, 2.45) is 0 Å². The molecule has 2 amide bonds. The third-order valence-electron chi connectivity index (χ3n) is 4.84. The molecule has 0 unspecified atom stereocenters. The average Bonchev–Trinajstić information content (AvgIpc) is 2.80. The molecular formula is C26H22ClN3O3. The van der Waals surface area contributed by atoms with Crippen molar-refractivity contribution in [1.29, 1.82) is 5.26 Å². The first-order chi connectivity index (χ1) is 15.9. The van der Waals surface area contributed by atoms with Gasteiger partial charge in [0, 0.05) is 5.69 Å². The van der Waals surface area contributed by atoms with E-state index in [-0.39, 0.29) is 18.1 Å². The number of halogens is 1. The number of carbonyl (C=O) groups excluding carboxylic acids is 2. The molecular weight excluding hydrogens is 438 g/mol. The molecule has 3 aromatic carbocycles. The van der Waals surface area contributed by atoms with E-state index in [2.05, 4.69) is 10.6 Å². The lowest BCUT2D eigenvalue weighted by molar-refractivity contribution is -0.118. The van der Waals surface area contributed by atoms with Crippen molar-refractivity contribution in [2.45, 2.75) is 13.8 Å². The van der Waals surface area contributed by atoms with Crippen LogP contribution in [0.4, 0.5) is 11.4 Å². The minimum absolute atomic E-state index is 0.0268. The second-order valence-corrected chi connectivity index (χ2v) is 7.72. The van der Waals surface area contributed by atoms with Crippen LogP contribution in [0.2, 0.25) is 5.02 Å². The number of ether oxygens (including phenoxy) is 1. The summed E-state index contributed by atoms with van der Waals surface area (Å²) in [6, 6.07) is 21.1. The molecule has 0 bridgehead atoms. The Bertz CT molecular complexity index is 1240. The third kappa shape index (κ3) is 6.70. The Kier molecular flexibility index (Phi) is 7.85. The highest BCUT2D eigenvalue weighted by atomic mass is 35.5.